The SMILES string of the molecule is CCOCCC(O)/C=C/C1CCC2(OCCO2)C1CCCCC=O. The van der Waals surface area contributed by atoms with Gasteiger partial charge in [0.05, 0.1) is 19.3 Å². The third-order valence-corrected chi connectivity index (χ3v) is 5.11. The van der Waals surface area contributed by atoms with E-state index in [1.807, 2.05) is 13.0 Å². The Bertz CT molecular complexity index is 389. The summed E-state index contributed by atoms with van der Waals surface area (Å²) in [6.07, 6.45) is 10.7. The van der Waals surface area contributed by atoms with Crippen LogP contribution in [0, 0.1) is 11.8 Å². The zero-order valence-electron chi connectivity index (χ0n) is 14.8. The number of hydrogen-bond acceptors (Lipinski definition) is 5. The molecule has 1 aliphatic carbocycles. The number of aliphatic hydroxyl groups excluding tert-OH is 1. The predicted octanol–water partition coefficient (Wildman–Crippen LogP) is 2.86. The second kappa shape index (κ2) is 10.3. The van der Waals surface area contributed by atoms with Gasteiger partial charge in [0.25, 0.3) is 0 Å². The second-order valence-electron chi connectivity index (χ2n) is 6.71. The first-order chi connectivity index (χ1) is 11.7. The first-order valence-electron chi connectivity index (χ1n) is 9.37. The molecule has 0 amide bonds. The van der Waals surface area contributed by atoms with E-state index in [9.17, 15) is 9.90 Å². The van der Waals surface area contributed by atoms with Gasteiger partial charge in [0.1, 0.15) is 6.29 Å². The lowest BCUT2D eigenvalue weighted by molar-refractivity contribution is -0.186. The van der Waals surface area contributed by atoms with Crippen LogP contribution >= 0.6 is 0 Å². The van der Waals surface area contributed by atoms with Gasteiger partial charge in [0.2, 0.25) is 0 Å². The zero-order chi connectivity index (χ0) is 17.3. The molecule has 0 aromatic carbocycles. The van der Waals surface area contributed by atoms with Gasteiger partial charge in [-0.15, -0.1) is 0 Å². The summed E-state index contributed by atoms with van der Waals surface area (Å²) in [4.78, 5) is 10.5. The van der Waals surface area contributed by atoms with Crippen LogP contribution in [0.25, 0.3) is 0 Å². The van der Waals surface area contributed by atoms with Gasteiger partial charge >= 0.3 is 0 Å². The van der Waals surface area contributed by atoms with Crippen LogP contribution in [0.4, 0.5) is 0 Å². The average molecular weight is 340 g/mol. The maximum atomic E-state index is 10.5. The molecule has 0 aromatic heterocycles. The number of unbranched alkanes of at least 4 members (excludes halogenated alkanes) is 2. The fourth-order valence-electron chi connectivity index (χ4n) is 3.88. The summed E-state index contributed by atoms with van der Waals surface area (Å²) in [6, 6.07) is 0. The third kappa shape index (κ3) is 5.38. The monoisotopic (exact) mass is 340 g/mol. The van der Waals surface area contributed by atoms with Crippen molar-refractivity contribution in [3.05, 3.63) is 12.2 Å². The topological polar surface area (TPSA) is 65.0 Å². The highest BCUT2D eigenvalue weighted by molar-refractivity contribution is 5.48. The van der Waals surface area contributed by atoms with Crippen LogP contribution in [-0.4, -0.2) is 49.7 Å². The number of ether oxygens (including phenoxy) is 3. The standard InChI is InChI=1S/C19H32O5/c1-2-22-13-10-17(21)8-7-16-9-11-19(23-14-15-24-19)18(16)6-4-3-5-12-20/h7-8,12,16-18,21H,2-6,9-11,13-15H2,1H3/b8-7+. The lowest BCUT2D eigenvalue weighted by Gasteiger charge is -2.31. The van der Waals surface area contributed by atoms with Crippen molar-refractivity contribution in [2.24, 2.45) is 11.8 Å². The molecule has 0 bridgehead atoms. The van der Waals surface area contributed by atoms with Crippen molar-refractivity contribution in [1.82, 2.24) is 0 Å². The van der Waals surface area contributed by atoms with Gasteiger partial charge in [-0.25, -0.2) is 0 Å². The van der Waals surface area contributed by atoms with E-state index in [0.29, 0.717) is 51.1 Å². The molecule has 1 spiro atoms. The van der Waals surface area contributed by atoms with E-state index >= 15 is 0 Å². The molecule has 3 atom stereocenters. The summed E-state index contributed by atoms with van der Waals surface area (Å²) in [7, 11) is 0. The van der Waals surface area contributed by atoms with E-state index in [0.717, 1.165) is 38.4 Å². The highest BCUT2D eigenvalue weighted by Crippen LogP contribution is 2.48. The molecule has 138 valence electrons. The van der Waals surface area contributed by atoms with E-state index < -0.39 is 11.9 Å². The molecular weight excluding hydrogens is 308 g/mol. The minimum absolute atomic E-state index is 0.307. The lowest BCUT2D eigenvalue weighted by Crippen LogP contribution is -2.36. The fourth-order valence-corrected chi connectivity index (χ4v) is 3.88. The van der Waals surface area contributed by atoms with Crippen molar-refractivity contribution < 1.29 is 24.1 Å². The molecule has 2 fully saturated rings. The van der Waals surface area contributed by atoms with Crippen molar-refractivity contribution in [2.75, 3.05) is 26.4 Å². The van der Waals surface area contributed by atoms with Crippen LogP contribution in [0.5, 0.6) is 0 Å². The number of hydrogen-bond donors (Lipinski definition) is 1. The Labute approximate surface area is 145 Å². The van der Waals surface area contributed by atoms with Gasteiger partial charge < -0.3 is 24.1 Å². The summed E-state index contributed by atoms with van der Waals surface area (Å²) >= 11 is 0. The molecule has 5 heteroatoms. The van der Waals surface area contributed by atoms with Crippen LogP contribution in [-0.2, 0) is 19.0 Å². The molecule has 3 unspecified atom stereocenters. The molecule has 2 aliphatic rings. The highest BCUT2D eigenvalue weighted by atomic mass is 16.7. The van der Waals surface area contributed by atoms with Gasteiger partial charge in [0.15, 0.2) is 5.79 Å². The number of rotatable bonds is 11. The Hall–Kier alpha value is -0.750. The fraction of sp³-hybridized carbons (Fsp3) is 0.842. The van der Waals surface area contributed by atoms with Gasteiger partial charge in [-0.1, -0.05) is 18.6 Å². The highest BCUT2D eigenvalue weighted by Gasteiger charge is 2.51. The molecule has 1 saturated carbocycles. The summed E-state index contributed by atoms with van der Waals surface area (Å²) in [5.74, 6) is 0.231. The molecule has 24 heavy (non-hydrogen) atoms. The maximum absolute atomic E-state index is 10.5. The first kappa shape index (κ1) is 19.6. The Morgan fingerprint density at radius 3 is 2.83 bits per heavy atom. The van der Waals surface area contributed by atoms with Crippen molar-refractivity contribution in [3.8, 4) is 0 Å². The smallest absolute Gasteiger partial charge is 0.171 e. The van der Waals surface area contributed by atoms with Gasteiger partial charge in [-0.3, -0.25) is 0 Å². The van der Waals surface area contributed by atoms with Crippen LogP contribution in [0.3, 0.4) is 0 Å². The van der Waals surface area contributed by atoms with Crippen molar-refractivity contribution >= 4 is 6.29 Å². The maximum Gasteiger partial charge on any atom is 0.171 e. The number of carbonyl (C=O) groups excluding carboxylic acids is 1. The number of aliphatic hydroxyl groups is 1. The Morgan fingerprint density at radius 1 is 1.33 bits per heavy atom. The minimum atomic E-state index is -0.464. The van der Waals surface area contributed by atoms with Crippen LogP contribution in [0.15, 0.2) is 12.2 Å². The quantitative estimate of drug-likeness (QED) is 0.356. The van der Waals surface area contributed by atoms with Crippen molar-refractivity contribution in [2.45, 2.75) is 63.8 Å². The second-order valence-corrected chi connectivity index (χ2v) is 6.71. The summed E-state index contributed by atoms with van der Waals surface area (Å²) in [5.41, 5.74) is 0. The summed E-state index contributed by atoms with van der Waals surface area (Å²) in [5, 5.41) is 10.1. The average Bonchev–Trinajstić information content (AvgIpc) is 3.19. The first-order valence-corrected chi connectivity index (χ1v) is 9.37. The van der Waals surface area contributed by atoms with E-state index in [1.54, 1.807) is 0 Å². The minimum Gasteiger partial charge on any atom is -0.389 e. The normalized spacial score (nSPS) is 27.2. The molecule has 0 aromatic rings. The van der Waals surface area contributed by atoms with Crippen molar-refractivity contribution in [1.29, 1.82) is 0 Å². The lowest BCUT2D eigenvalue weighted by atomic mass is 9.87. The van der Waals surface area contributed by atoms with Gasteiger partial charge in [0, 0.05) is 38.4 Å². The molecule has 1 aliphatic heterocycles. The Kier molecular flexibility index (Phi) is 8.39. The largest absolute Gasteiger partial charge is 0.389 e. The Balaban J connectivity index is 1.89. The molecule has 2 rings (SSSR count). The van der Waals surface area contributed by atoms with Gasteiger partial charge in [-0.2, -0.15) is 0 Å². The molecule has 1 saturated heterocycles. The molecule has 5 nitrogen and oxygen atoms in total. The summed E-state index contributed by atoms with van der Waals surface area (Å²) in [6.45, 7) is 4.55. The molecule has 1 heterocycles. The van der Waals surface area contributed by atoms with E-state index in [2.05, 4.69) is 6.08 Å². The number of aldehydes is 1. The number of allylic oxidation sites excluding steroid dienone is 1. The third-order valence-electron chi connectivity index (χ3n) is 5.11. The predicted molar refractivity (Wildman–Crippen MR) is 91.6 cm³/mol. The zero-order valence-corrected chi connectivity index (χ0v) is 14.8. The van der Waals surface area contributed by atoms with Crippen LogP contribution in [0.2, 0.25) is 0 Å². The van der Waals surface area contributed by atoms with E-state index in [4.69, 9.17) is 14.2 Å². The summed E-state index contributed by atoms with van der Waals surface area (Å²) < 4.78 is 17.2. The molecule has 0 radical (unpaired) electrons. The molecule has 1 N–H and O–H groups in total. The van der Waals surface area contributed by atoms with E-state index in [1.165, 1.54) is 0 Å². The van der Waals surface area contributed by atoms with E-state index in [-0.39, 0.29) is 0 Å². The van der Waals surface area contributed by atoms with Gasteiger partial charge in [-0.05, 0) is 32.1 Å². The van der Waals surface area contributed by atoms with Crippen LogP contribution < -0.4 is 0 Å². The van der Waals surface area contributed by atoms with Crippen LogP contribution in [0.1, 0.15) is 51.9 Å². The van der Waals surface area contributed by atoms with Crippen molar-refractivity contribution in [3.63, 3.8) is 0 Å². The molecular formula is C19H32O5. The Morgan fingerprint density at radius 2 is 2.12 bits per heavy atom. The number of carbonyl (C=O) groups is 1.